The number of hydrogen-bond acceptors (Lipinski definition) is 4. The molecule has 1 aromatic heterocycles. The Kier molecular flexibility index (Phi) is 4.94. The highest BCUT2D eigenvalue weighted by atomic mass is 19.2. The van der Waals surface area contributed by atoms with Gasteiger partial charge in [0, 0.05) is 17.3 Å². The highest BCUT2D eigenvalue weighted by molar-refractivity contribution is 6.12. The number of pyridine rings is 1. The number of aliphatic hydroxyl groups excluding tert-OH is 1. The zero-order chi connectivity index (χ0) is 15.2. The third-order valence-corrected chi connectivity index (χ3v) is 2.74. The van der Waals surface area contributed by atoms with Crippen LogP contribution in [0.5, 0.6) is 0 Å². The summed E-state index contributed by atoms with van der Waals surface area (Å²) in [6, 6.07) is 6.79. The molecular weight excluding hydrogens is 278 g/mol. The molecule has 21 heavy (non-hydrogen) atoms. The average molecular weight is 292 g/mol. The van der Waals surface area contributed by atoms with E-state index in [2.05, 4.69) is 10.1 Å². The molecule has 0 fully saturated rings. The highest BCUT2D eigenvalue weighted by Crippen LogP contribution is 2.15. The Balaban J connectivity index is 2.44. The Morgan fingerprint density at radius 1 is 1.19 bits per heavy atom. The lowest BCUT2D eigenvalue weighted by molar-refractivity contribution is 0.159. The number of benzene rings is 1. The molecule has 4 nitrogen and oxygen atoms in total. The van der Waals surface area contributed by atoms with E-state index in [1.54, 1.807) is 19.1 Å². The van der Waals surface area contributed by atoms with Gasteiger partial charge in [0.05, 0.1) is 12.3 Å². The molecule has 1 aromatic carbocycles. The van der Waals surface area contributed by atoms with Crippen molar-refractivity contribution in [1.29, 1.82) is 0 Å². The largest absolute Gasteiger partial charge is 0.396 e. The summed E-state index contributed by atoms with van der Waals surface area (Å²) in [5, 5.41) is 12.9. The van der Waals surface area contributed by atoms with Gasteiger partial charge in [0.15, 0.2) is 11.6 Å². The van der Waals surface area contributed by atoms with E-state index in [0.717, 1.165) is 12.1 Å². The van der Waals surface area contributed by atoms with Crippen LogP contribution in [0.25, 0.3) is 0 Å². The predicted octanol–water partition coefficient (Wildman–Crippen LogP) is 2.64. The van der Waals surface area contributed by atoms with Crippen LogP contribution in [0, 0.1) is 11.6 Å². The minimum atomic E-state index is -0.961. The molecule has 1 heterocycles. The fourth-order valence-corrected chi connectivity index (χ4v) is 1.70. The van der Waals surface area contributed by atoms with Gasteiger partial charge in [-0.15, -0.1) is 0 Å². The van der Waals surface area contributed by atoms with Gasteiger partial charge < -0.3 is 9.94 Å². The maximum absolute atomic E-state index is 13.4. The smallest absolute Gasteiger partial charge is 0.159 e. The summed E-state index contributed by atoms with van der Waals surface area (Å²) < 4.78 is 26.4. The molecule has 0 unspecified atom stereocenters. The Bertz CT molecular complexity index is 643. The monoisotopic (exact) mass is 292 g/mol. The van der Waals surface area contributed by atoms with E-state index in [1.807, 2.05) is 0 Å². The van der Waals surface area contributed by atoms with E-state index in [9.17, 15) is 8.78 Å². The molecule has 0 aliphatic carbocycles. The van der Waals surface area contributed by atoms with Crippen LogP contribution in [0.15, 0.2) is 41.7 Å². The van der Waals surface area contributed by atoms with Gasteiger partial charge in [-0.1, -0.05) is 5.16 Å². The van der Waals surface area contributed by atoms with Crippen LogP contribution >= 0.6 is 0 Å². The summed E-state index contributed by atoms with van der Waals surface area (Å²) in [4.78, 5) is 9.06. The van der Waals surface area contributed by atoms with E-state index in [1.165, 1.54) is 12.3 Å². The van der Waals surface area contributed by atoms with Gasteiger partial charge in [0.1, 0.15) is 12.3 Å². The number of oxime groups is 1. The molecule has 0 aliphatic heterocycles. The summed E-state index contributed by atoms with van der Waals surface area (Å²) in [5.41, 5.74) is 1.79. The summed E-state index contributed by atoms with van der Waals surface area (Å²) in [6.07, 6.45) is 1.49. The van der Waals surface area contributed by atoms with E-state index in [-0.39, 0.29) is 6.61 Å². The molecule has 0 atom stereocenters. The molecule has 0 amide bonds. The first kappa shape index (κ1) is 15.1. The van der Waals surface area contributed by atoms with Crippen LogP contribution in [0.2, 0.25) is 0 Å². The van der Waals surface area contributed by atoms with Crippen LogP contribution in [-0.2, 0) is 11.4 Å². The molecule has 0 saturated heterocycles. The lowest BCUT2D eigenvalue weighted by atomic mass is 10.0. The number of aromatic nitrogens is 1. The standard InChI is InChI=1S/C15H14F2N2O2/c1-2-21-19-15(10-4-6-13(16)14(17)7-10)11-3-5-12(9-20)18-8-11/h3-8,20H,2,9H2,1H3. The van der Waals surface area contributed by atoms with E-state index in [4.69, 9.17) is 9.94 Å². The minimum Gasteiger partial charge on any atom is -0.396 e. The number of hydrogen-bond donors (Lipinski definition) is 1. The Labute approximate surface area is 120 Å². The Hall–Kier alpha value is -2.34. The van der Waals surface area contributed by atoms with E-state index < -0.39 is 11.6 Å². The first-order chi connectivity index (χ1) is 10.2. The van der Waals surface area contributed by atoms with Crippen LogP contribution in [-0.4, -0.2) is 22.4 Å². The van der Waals surface area contributed by atoms with Crippen LogP contribution in [0.1, 0.15) is 23.7 Å². The SMILES string of the molecule is CCON=C(c1ccc(CO)nc1)c1ccc(F)c(F)c1. The van der Waals surface area contributed by atoms with Crippen LogP contribution in [0.4, 0.5) is 8.78 Å². The summed E-state index contributed by atoms with van der Waals surface area (Å²) in [6.45, 7) is 1.93. The average Bonchev–Trinajstić information content (AvgIpc) is 2.51. The molecule has 0 aliphatic rings. The van der Waals surface area contributed by atoms with Crippen LogP contribution in [0.3, 0.4) is 0 Å². The first-order valence-electron chi connectivity index (χ1n) is 6.37. The molecule has 2 aromatic rings. The third-order valence-electron chi connectivity index (χ3n) is 2.74. The van der Waals surface area contributed by atoms with Crippen molar-refractivity contribution >= 4 is 5.71 Å². The molecule has 2 rings (SSSR count). The predicted molar refractivity (Wildman–Crippen MR) is 73.8 cm³/mol. The summed E-state index contributed by atoms with van der Waals surface area (Å²) >= 11 is 0. The molecule has 0 saturated carbocycles. The van der Waals surface area contributed by atoms with Gasteiger partial charge in [-0.05, 0) is 37.3 Å². The van der Waals surface area contributed by atoms with Gasteiger partial charge in [-0.3, -0.25) is 4.98 Å². The number of aliphatic hydroxyl groups is 1. The zero-order valence-corrected chi connectivity index (χ0v) is 11.4. The van der Waals surface area contributed by atoms with Crippen molar-refractivity contribution in [1.82, 2.24) is 4.98 Å². The second kappa shape index (κ2) is 6.90. The number of halogens is 2. The molecular formula is C15H14F2N2O2. The van der Waals surface area contributed by atoms with Crippen molar-refractivity contribution in [2.24, 2.45) is 5.16 Å². The summed E-state index contributed by atoms with van der Waals surface area (Å²) in [5.74, 6) is -1.89. The molecule has 6 heteroatoms. The van der Waals surface area contributed by atoms with Crippen molar-refractivity contribution in [2.75, 3.05) is 6.61 Å². The van der Waals surface area contributed by atoms with Gasteiger partial charge in [-0.2, -0.15) is 0 Å². The molecule has 0 radical (unpaired) electrons. The number of rotatable bonds is 5. The van der Waals surface area contributed by atoms with E-state index in [0.29, 0.717) is 29.1 Å². The molecule has 0 bridgehead atoms. The zero-order valence-electron chi connectivity index (χ0n) is 11.4. The molecule has 0 spiro atoms. The topological polar surface area (TPSA) is 54.7 Å². The molecule has 1 N–H and O–H groups in total. The second-order valence-electron chi connectivity index (χ2n) is 4.18. The molecule has 110 valence electrons. The lowest BCUT2D eigenvalue weighted by Gasteiger charge is -2.07. The normalized spacial score (nSPS) is 11.5. The first-order valence-corrected chi connectivity index (χ1v) is 6.37. The van der Waals surface area contributed by atoms with Gasteiger partial charge in [0.25, 0.3) is 0 Å². The lowest BCUT2D eigenvalue weighted by Crippen LogP contribution is -2.07. The van der Waals surface area contributed by atoms with E-state index >= 15 is 0 Å². The van der Waals surface area contributed by atoms with Crippen molar-refractivity contribution < 1.29 is 18.7 Å². The summed E-state index contributed by atoms with van der Waals surface area (Å²) in [7, 11) is 0. The van der Waals surface area contributed by atoms with Crippen molar-refractivity contribution in [3.05, 3.63) is 65.0 Å². The van der Waals surface area contributed by atoms with Gasteiger partial charge in [0.2, 0.25) is 0 Å². The van der Waals surface area contributed by atoms with Crippen molar-refractivity contribution in [3.63, 3.8) is 0 Å². The van der Waals surface area contributed by atoms with Gasteiger partial charge >= 0.3 is 0 Å². The van der Waals surface area contributed by atoms with Crippen molar-refractivity contribution in [3.8, 4) is 0 Å². The third kappa shape index (κ3) is 3.61. The maximum atomic E-state index is 13.4. The number of nitrogens with zero attached hydrogens (tertiary/aromatic N) is 2. The van der Waals surface area contributed by atoms with Gasteiger partial charge in [-0.25, -0.2) is 8.78 Å². The maximum Gasteiger partial charge on any atom is 0.159 e. The van der Waals surface area contributed by atoms with Crippen molar-refractivity contribution in [2.45, 2.75) is 13.5 Å². The minimum absolute atomic E-state index is 0.177. The van der Waals surface area contributed by atoms with Crippen LogP contribution < -0.4 is 0 Å². The Morgan fingerprint density at radius 3 is 2.52 bits per heavy atom. The fraction of sp³-hybridized carbons (Fsp3) is 0.200. The quantitative estimate of drug-likeness (QED) is 0.681. The Morgan fingerprint density at radius 2 is 1.95 bits per heavy atom. The fourth-order valence-electron chi connectivity index (χ4n) is 1.70. The second-order valence-corrected chi connectivity index (χ2v) is 4.18. The highest BCUT2D eigenvalue weighted by Gasteiger charge is 2.12.